The number of carbonyl (C=O) groups excluding carboxylic acids is 1. The maximum atomic E-state index is 12.6. The summed E-state index contributed by atoms with van der Waals surface area (Å²) >= 11 is 0. The number of amides is 1. The molecule has 0 aliphatic rings. The lowest BCUT2D eigenvalue weighted by Gasteiger charge is -2.27. The van der Waals surface area contributed by atoms with Gasteiger partial charge in [0.2, 0.25) is 5.91 Å². The smallest absolute Gasteiger partial charge is 0.249 e. The zero-order valence-electron chi connectivity index (χ0n) is 46.6. The molecule has 0 aromatic heterocycles. The molecule has 6 heteroatoms. The first-order valence-corrected chi connectivity index (χ1v) is 31.2. The number of allylic oxidation sites excluding steroid dienone is 4. The number of aliphatic hydroxyl groups is 4. The van der Waals surface area contributed by atoms with Gasteiger partial charge in [0.15, 0.2) is 0 Å². The van der Waals surface area contributed by atoms with E-state index in [1.165, 1.54) is 270 Å². The van der Waals surface area contributed by atoms with Gasteiger partial charge in [-0.15, -0.1) is 0 Å². The Labute approximate surface area is 431 Å². The zero-order valence-corrected chi connectivity index (χ0v) is 46.6. The molecule has 0 radical (unpaired) electrons. The van der Waals surface area contributed by atoms with E-state index in [1.807, 2.05) is 0 Å². The third-order valence-electron chi connectivity index (χ3n) is 14.9. The Morgan fingerprint density at radius 1 is 0.348 bits per heavy atom. The Morgan fingerprint density at radius 2 is 0.609 bits per heavy atom. The molecule has 0 saturated carbocycles. The summed E-state index contributed by atoms with van der Waals surface area (Å²) in [6, 6.07) is -1.01. The Morgan fingerprint density at radius 3 is 0.913 bits per heavy atom. The van der Waals surface area contributed by atoms with Crippen LogP contribution < -0.4 is 5.32 Å². The van der Waals surface area contributed by atoms with Crippen LogP contribution in [0.25, 0.3) is 0 Å². The summed E-state index contributed by atoms with van der Waals surface area (Å²) < 4.78 is 0. The van der Waals surface area contributed by atoms with Crippen molar-refractivity contribution in [1.29, 1.82) is 0 Å². The predicted molar refractivity (Wildman–Crippen MR) is 302 cm³/mol. The third-order valence-corrected chi connectivity index (χ3v) is 14.9. The Bertz CT molecular complexity index is 1050. The van der Waals surface area contributed by atoms with Crippen LogP contribution in [0.4, 0.5) is 0 Å². The molecule has 4 atom stereocenters. The van der Waals surface area contributed by atoms with E-state index in [4.69, 9.17) is 0 Å². The summed E-state index contributed by atoms with van der Waals surface area (Å²) in [6.45, 7) is 4.09. The van der Waals surface area contributed by atoms with Gasteiger partial charge in [0, 0.05) is 0 Å². The van der Waals surface area contributed by atoms with Crippen LogP contribution in [0.1, 0.15) is 341 Å². The van der Waals surface area contributed by atoms with E-state index in [2.05, 4.69) is 43.5 Å². The van der Waals surface area contributed by atoms with Gasteiger partial charge in [-0.1, -0.05) is 314 Å². The topological polar surface area (TPSA) is 110 Å². The molecule has 4 unspecified atom stereocenters. The van der Waals surface area contributed by atoms with Crippen molar-refractivity contribution in [1.82, 2.24) is 5.32 Å². The van der Waals surface area contributed by atoms with Gasteiger partial charge in [0.1, 0.15) is 12.2 Å². The van der Waals surface area contributed by atoms with Crippen LogP contribution in [0, 0.1) is 0 Å². The SMILES string of the molecule is CCCCCCCCCCCCCCCCCCCCCC/C=C/CC/C=C/CCCC(O)C(O)C(CO)NC(=O)C(O)CCCCCCCCCCCCCCCCCCCCCCCCCC. The summed E-state index contributed by atoms with van der Waals surface area (Å²) in [7, 11) is 0. The lowest BCUT2D eigenvalue weighted by molar-refractivity contribution is -0.132. The van der Waals surface area contributed by atoms with E-state index in [1.54, 1.807) is 0 Å². The van der Waals surface area contributed by atoms with Crippen molar-refractivity contribution in [3.05, 3.63) is 24.3 Å². The molecule has 0 saturated heterocycles. The molecule has 0 heterocycles. The lowest BCUT2D eigenvalue weighted by atomic mass is 10.00. The average molecular weight is 975 g/mol. The standard InChI is InChI=1S/C63H123NO5/c1-3-5-7-9-11-13-15-17-19-21-23-25-27-29-30-31-32-33-35-36-38-40-42-44-46-48-50-52-54-56-60(66)62(68)59(58-65)64-63(69)61(67)57-55-53-51-49-47-45-43-41-39-37-34-28-26-24-22-20-18-16-14-12-10-8-6-4-2/h40,42,48,50,59-62,65-68H,3-39,41,43-47,49,51-58H2,1-2H3,(H,64,69)/b42-40+,50-48+. The van der Waals surface area contributed by atoms with Gasteiger partial charge in [0.05, 0.1) is 18.8 Å². The van der Waals surface area contributed by atoms with Crippen molar-refractivity contribution in [3.8, 4) is 0 Å². The molecule has 1 amide bonds. The van der Waals surface area contributed by atoms with Gasteiger partial charge >= 0.3 is 0 Å². The fraction of sp³-hybridized carbons (Fsp3) is 0.921. The number of hydrogen-bond donors (Lipinski definition) is 5. The number of hydrogen-bond acceptors (Lipinski definition) is 5. The number of unbranched alkanes of at least 4 members (excludes halogenated alkanes) is 45. The predicted octanol–water partition coefficient (Wildman–Crippen LogP) is 18.6. The summed E-state index contributed by atoms with van der Waals surface area (Å²) in [4.78, 5) is 12.6. The molecular formula is C63H123NO5. The van der Waals surface area contributed by atoms with E-state index in [0.29, 0.717) is 19.3 Å². The largest absolute Gasteiger partial charge is 0.394 e. The molecule has 5 N–H and O–H groups in total. The minimum absolute atomic E-state index is 0.365. The molecule has 6 nitrogen and oxygen atoms in total. The second-order valence-corrected chi connectivity index (χ2v) is 21.7. The highest BCUT2D eigenvalue weighted by molar-refractivity contribution is 5.80. The van der Waals surface area contributed by atoms with E-state index >= 15 is 0 Å². The summed E-state index contributed by atoms with van der Waals surface area (Å²) in [5.41, 5.74) is 0. The maximum Gasteiger partial charge on any atom is 0.249 e. The first-order chi connectivity index (χ1) is 34.0. The quantitative estimate of drug-likeness (QED) is 0.0308. The lowest BCUT2D eigenvalue weighted by Crippen LogP contribution is -2.53. The minimum Gasteiger partial charge on any atom is -0.394 e. The number of nitrogens with one attached hydrogen (secondary N) is 1. The molecule has 0 rings (SSSR count). The number of carbonyl (C=O) groups is 1. The highest BCUT2D eigenvalue weighted by atomic mass is 16.3. The van der Waals surface area contributed by atoms with Gasteiger partial charge in [0.25, 0.3) is 0 Å². The number of aliphatic hydroxyl groups excluding tert-OH is 4. The first-order valence-electron chi connectivity index (χ1n) is 31.2. The second kappa shape index (κ2) is 57.7. The van der Waals surface area contributed by atoms with E-state index in [-0.39, 0.29) is 0 Å². The Balaban J connectivity index is 3.62. The third kappa shape index (κ3) is 51.5. The van der Waals surface area contributed by atoms with Gasteiger partial charge in [-0.25, -0.2) is 0 Å². The Kier molecular flexibility index (Phi) is 56.7. The molecule has 0 bridgehead atoms. The van der Waals surface area contributed by atoms with Crippen molar-refractivity contribution < 1.29 is 25.2 Å². The van der Waals surface area contributed by atoms with Crippen molar-refractivity contribution in [2.75, 3.05) is 6.61 Å². The molecule has 0 aliphatic heterocycles. The normalized spacial score (nSPS) is 13.8. The molecular weight excluding hydrogens is 851 g/mol. The minimum atomic E-state index is -1.29. The monoisotopic (exact) mass is 974 g/mol. The van der Waals surface area contributed by atoms with Crippen LogP contribution in [0.2, 0.25) is 0 Å². The van der Waals surface area contributed by atoms with Crippen molar-refractivity contribution in [2.24, 2.45) is 0 Å². The van der Waals surface area contributed by atoms with Crippen LogP contribution in [0.3, 0.4) is 0 Å². The molecule has 0 aromatic rings. The summed E-state index contributed by atoms with van der Waals surface area (Å²) in [5, 5.41) is 44.1. The van der Waals surface area contributed by atoms with Gasteiger partial charge < -0.3 is 25.7 Å². The van der Waals surface area contributed by atoms with Crippen molar-refractivity contribution in [2.45, 2.75) is 366 Å². The summed E-state index contributed by atoms with van der Waals surface area (Å²) in [5.74, 6) is -0.591. The van der Waals surface area contributed by atoms with Crippen LogP contribution in [0.5, 0.6) is 0 Å². The van der Waals surface area contributed by atoms with Crippen LogP contribution in [0.15, 0.2) is 24.3 Å². The van der Waals surface area contributed by atoms with Gasteiger partial charge in [-0.3, -0.25) is 4.79 Å². The number of rotatable bonds is 58. The average Bonchev–Trinajstić information content (AvgIpc) is 3.35. The van der Waals surface area contributed by atoms with Crippen LogP contribution in [-0.4, -0.2) is 57.3 Å². The van der Waals surface area contributed by atoms with Crippen LogP contribution >= 0.6 is 0 Å². The van der Waals surface area contributed by atoms with E-state index < -0.39 is 36.9 Å². The van der Waals surface area contributed by atoms with Crippen molar-refractivity contribution >= 4 is 5.91 Å². The zero-order chi connectivity index (χ0) is 50.2. The van der Waals surface area contributed by atoms with Crippen LogP contribution in [-0.2, 0) is 4.79 Å². The second-order valence-electron chi connectivity index (χ2n) is 21.7. The van der Waals surface area contributed by atoms with Crippen molar-refractivity contribution in [3.63, 3.8) is 0 Å². The molecule has 0 fully saturated rings. The molecule has 410 valence electrons. The van der Waals surface area contributed by atoms with E-state index in [9.17, 15) is 25.2 Å². The van der Waals surface area contributed by atoms with E-state index in [0.717, 1.165) is 38.5 Å². The fourth-order valence-corrected chi connectivity index (χ4v) is 10.0. The summed E-state index contributed by atoms with van der Waals surface area (Å²) in [6.07, 6.45) is 71.3. The molecule has 0 aliphatic carbocycles. The fourth-order valence-electron chi connectivity index (χ4n) is 10.0. The van der Waals surface area contributed by atoms with Gasteiger partial charge in [-0.05, 0) is 51.4 Å². The molecule has 0 spiro atoms. The van der Waals surface area contributed by atoms with Gasteiger partial charge in [-0.2, -0.15) is 0 Å². The Hall–Kier alpha value is -1.21. The maximum absolute atomic E-state index is 12.6. The molecule has 0 aromatic carbocycles. The highest BCUT2D eigenvalue weighted by Gasteiger charge is 2.28. The first kappa shape index (κ1) is 67.8. The highest BCUT2D eigenvalue weighted by Crippen LogP contribution is 2.19. The molecule has 69 heavy (non-hydrogen) atoms.